The first-order chi connectivity index (χ1) is 20.2. The quantitative estimate of drug-likeness (QED) is 0.176. The highest BCUT2D eigenvalue weighted by molar-refractivity contribution is 5.90. The van der Waals surface area contributed by atoms with Crippen molar-refractivity contribution < 1.29 is 19.0 Å². The van der Waals surface area contributed by atoms with Crippen molar-refractivity contribution in [2.75, 3.05) is 14.2 Å². The molecule has 1 aliphatic heterocycles. The minimum Gasteiger partial charge on any atom is -0.497 e. The molecule has 0 saturated carbocycles. The van der Waals surface area contributed by atoms with E-state index in [1.165, 1.54) is 0 Å². The topological polar surface area (TPSA) is 92.4 Å². The lowest BCUT2D eigenvalue weighted by Gasteiger charge is -2.29. The summed E-state index contributed by atoms with van der Waals surface area (Å²) in [7, 11) is 3.29. The van der Waals surface area contributed by atoms with Crippen LogP contribution in [-0.2, 0) is 11.4 Å². The van der Waals surface area contributed by atoms with Crippen LogP contribution in [0.3, 0.4) is 0 Å². The van der Waals surface area contributed by atoms with E-state index in [4.69, 9.17) is 24.0 Å². The number of nitrogens with zero attached hydrogens (tertiary/aromatic N) is 5. The van der Waals surface area contributed by atoms with Gasteiger partial charge in [0.15, 0.2) is 18.1 Å². The van der Waals surface area contributed by atoms with Crippen molar-refractivity contribution in [1.29, 1.82) is 0 Å². The maximum absolute atomic E-state index is 6.38. The number of ether oxygens (including phenoxy) is 3. The molecule has 1 unspecified atom stereocenters. The van der Waals surface area contributed by atoms with Crippen LogP contribution in [-0.4, -0.2) is 40.0 Å². The predicted molar refractivity (Wildman–Crippen MR) is 154 cm³/mol. The van der Waals surface area contributed by atoms with Crippen LogP contribution in [0.15, 0.2) is 96.4 Å². The van der Waals surface area contributed by atoms with E-state index in [0.717, 1.165) is 50.3 Å². The minimum absolute atomic E-state index is 0.0939. The van der Waals surface area contributed by atoms with Crippen molar-refractivity contribution in [2.45, 2.75) is 12.5 Å². The van der Waals surface area contributed by atoms with Gasteiger partial charge < -0.3 is 19.0 Å². The lowest BCUT2D eigenvalue weighted by atomic mass is 9.81. The van der Waals surface area contributed by atoms with Crippen LogP contribution in [0.1, 0.15) is 34.0 Å². The number of benzene rings is 4. The van der Waals surface area contributed by atoms with E-state index in [1.807, 2.05) is 54.6 Å². The normalized spacial score (nSPS) is 14.0. The molecule has 6 aromatic rings. The fourth-order valence-electron chi connectivity index (χ4n) is 5.22. The molecule has 0 N–H and O–H groups in total. The summed E-state index contributed by atoms with van der Waals surface area (Å²) in [5.74, 6) is 3.11. The molecule has 7 rings (SSSR count). The Bertz CT molecular complexity index is 1900. The number of rotatable bonds is 7. The van der Waals surface area contributed by atoms with Gasteiger partial charge in [-0.25, -0.2) is 14.5 Å². The number of hydrogen-bond donors (Lipinski definition) is 0. The first kappa shape index (κ1) is 24.6. The smallest absolute Gasteiger partial charge is 0.228 e. The van der Waals surface area contributed by atoms with Crippen molar-refractivity contribution >= 4 is 22.6 Å². The van der Waals surface area contributed by atoms with Gasteiger partial charge >= 0.3 is 0 Å². The van der Waals surface area contributed by atoms with Crippen LogP contribution < -0.4 is 14.2 Å². The van der Waals surface area contributed by atoms with E-state index in [1.54, 1.807) is 31.3 Å². The lowest BCUT2D eigenvalue weighted by molar-refractivity contribution is 0.126. The summed E-state index contributed by atoms with van der Waals surface area (Å²) >= 11 is 0. The molecule has 0 aliphatic carbocycles. The summed E-state index contributed by atoms with van der Waals surface area (Å²) < 4.78 is 18.7. The second-order valence-corrected chi connectivity index (χ2v) is 9.55. The highest BCUT2D eigenvalue weighted by Gasteiger charge is 2.34. The largest absolute Gasteiger partial charge is 0.497 e. The Labute approximate surface area is 235 Å². The van der Waals surface area contributed by atoms with Crippen LogP contribution in [0.4, 0.5) is 0 Å². The van der Waals surface area contributed by atoms with Crippen molar-refractivity contribution in [2.24, 2.45) is 5.16 Å². The summed E-state index contributed by atoms with van der Waals surface area (Å²) in [4.78, 5) is 15.0. The molecule has 202 valence electrons. The van der Waals surface area contributed by atoms with Gasteiger partial charge in [-0.15, -0.1) is 5.10 Å². The molecule has 0 radical (unpaired) electrons. The van der Waals surface area contributed by atoms with E-state index < -0.39 is 0 Å². The highest BCUT2D eigenvalue weighted by atomic mass is 16.6. The third-order valence-corrected chi connectivity index (χ3v) is 7.18. The van der Waals surface area contributed by atoms with E-state index >= 15 is 0 Å². The average molecular weight is 544 g/mol. The number of oxime groups is 1. The fourth-order valence-corrected chi connectivity index (χ4v) is 5.22. The number of fused-ring (bicyclic) bond motifs is 6. The minimum atomic E-state index is -0.201. The molecule has 0 spiro atoms. The maximum Gasteiger partial charge on any atom is 0.228 e. The molecular formula is C32H25N5O4. The van der Waals surface area contributed by atoms with Crippen molar-refractivity contribution in [3.05, 3.63) is 119 Å². The number of methoxy groups -OCH3 is 2. The van der Waals surface area contributed by atoms with Crippen LogP contribution in [0.2, 0.25) is 0 Å². The predicted octanol–water partition coefficient (Wildman–Crippen LogP) is 6.13. The summed E-state index contributed by atoms with van der Waals surface area (Å²) in [6.45, 7) is 0.0939. The second-order valence-electron chi connectivity index (χ2n) is 9.55. The zero-order chi connectivity index (χ0) is 27.8. The maximum atomic E-state index is 6.38. The standard InChI is InChI=1S/C32H25N5O4/c1-38-23-12-7-20(8-13-23)17-34-40-18-27-35-31-30-28(22-9-14-24(39-2)15-10-22)29-25-6-4-3-5-21(25)11-16-26(29)41-32(30)33-19-37(31)36-27/h3-17,19,28H,18H2,1-2H3. The van der Waals surface area contributed by atoms with Crippen molar-refractivity contribution in [1.82, 2.24) is 19.6 Å². The van der Waals surface area contributed by atoms with Gasteiger partial charge in [0.05, 0.1) is 26.0 Å². The Hall–Kier alpha value is -5.44. The third kappa shape index (κ3) is 4.47. The second kappa shape index (κ2) is 10.3. The molecule has 1 aliphatic rings. The Kier molecular flexibility index (Phi) is 6.16. The van der Waals surface area contributed by atoms with E-state index in [9.17, 15) is 0 Å². The molecular weight excluding hydrogens is 518 g/mol. The van der Waals surface area contributed by atoms with Crippen LogP contribution in [0, 0.1) is 0 Å². The van der Waals surface area contributed by atoms with Crippen LogP contribution in [0.5, 0.6) is 23.1 Å². The molecule has 0 saturated heterocycles. The third-order valence-electron chi connectivity index (χ3n) is 7.18. The Balaban J connectivity index is 1.28. The molecule has 41 heavy (non-hydrogen) atoms. The molecule has 9 heteroatoms. The highest BCUT2D eigenvalue weighted by Crippen LogP contribution is 2.50. The SMILES string of the molecule is COc1ccc(C=NOCc2nc3c4c(ncn3n2)Oc2ccc3ccccc3c2C4c2ccc(OC)cc2)cc1. The van der Waals surface area contributed by atoms with E-state index in [0.29, 0.717) is 17.4 Å². The van der Waals surface area contributed by atoms with E-state index in [-0.39, 0.29) is 12.5 Å². The zero-order valence-electron chi connectivity index (χ0n) is 22.4. The van der Waals surface area contributed by atoms with Crippen molar-refractivity contribution in [3.8, 4) is 23.1 Å². The van der Waals surface area contributed by atoms with Gasteiger partial charge in [-0.2, -0.15) is 0 Å². The zero-order valence-corrected chi connectivity index (χ0v) is 22.4. The van der Waals surface area contributed by atoms with Gasteiger partial charge in [-0.05, 0) is 64.4 Å². The molecule has 0 fully saturated rings. The van der Waals surface area contributed by atoms with Gasteiger partial charge in [0.1, 0.15) is 23.6 Å². The average Bonchev–Trinajstić information content (AvgIpc) is 3.45. The first-order valence-electron chi connectivity index (χ1n) is 13.1. The van der Waals surface area contributed by atoms with Gasteiger partial charge in [0, 0.05) is 11.5 Å². The molecule has 3 heterocycles. The molecule has 4 aromatic carbocycles. The van der Waals surface area contributed by atoms with Gasteiger partial charge in [-0.3, -0.25) is 0 Å². The lowest BCUT2D eigenvalue weighted by Crippen LogP contribution is -2.15. The molecule has 9 nitrogen and oxygen atoms in total. The van der Waals surface area contributed by atoms with Gasteiger partial charge in [0.25, 0.3) is 0 Å². The molecule has 0 amide bonds. The summed E-state index contributed by atoms with van der Waals surface area (Å²) in [5.41, 5.74) is 4.49. The van der Waals surface area contributed by atoms with Crippen LogP contribution in [0.25, 0.3) is 16.4 Å². The van der Waals surface area contributed by atoms with Gasteiger partial charge in [-0.1, -0.05) is 47.6 Å². The molecule has 1 atom stereocenters. The summed E-state index contributed by atoms with van der Waals surface area (Å²) in [5, 5.41) is 10.9. The van der Waals surface area contributed by atoms with Crippen LogP contribution >= 0.6 is 0 Å². The van der Waals surface area contributed by atoms with Crippen molar-refractivity contribution in [3.63, 3.8) is 0 Å². The molecule has 2 aromatic heterocycles. The monoisotopic (exact) mass is 543 g/mol. The Morgan fingerprint density at radius 3 is 2.41 bits per heavy atom. The summed E-state index contributed by atoms with van der Waals surface area (Å²) in [6, 6.07) is 28.0. The van der Waals surface area contributed by atoms with E-state index in [2.05, 4.69) is 45.6 Å². The first-order valence-corrected chi connectivity index (χ1v) is 13.1. The van der Waals surface area contributed by atoms with Gasteiger partial charge in [0.2, 0.25) is 5.88 Å². The fraction of sp³-hybridized carbons (Fsp3) is 0.125. The number of hydrogen-bond acceptors (Lipinski definition) is 8. The molecule has 0 bridgehead atoms. The summed E-state index contributed by atoms with van der Waals surface area (Å²) in [6.07, 6.45) is 3.25. The number of aromatic nitrogens is 4. The Morgan fingerprint density at radius 2 is 1.63 bits per heavy atom. The Morgan fingerprint density at radius 1 is 0.878 bits per heavy atom.